The summed E-state index contributed by atoms with van der Waals surface area (Å²) in [6.45, 7) is 7.41. The highest BCUT2D eigenvalue weighted by Gasteiger charge is 2.31. The minimum atomic E-state index is 0.179. The van der Waals surface area contributed by atoms with Crippen molar-refractivity contribution in [1.29, 1.82) is 0 Å². The molecule has 2 aliphatic rings. The van der Waals surface area contributed by atoms with E-state index >= 15 is 0 Å². The molecule has 0 N–H and O–H groups in total. The van der Waals surface area contributed by atoms with Gasteiger partial charge in [-0.25, -0.2) is 0 Å². The van der Waals surface area contributed by atoms with Crippen LogP contribution in [-0.2, 0) is 17.6 Å². The molecule has 0 radical (unpaired) electrons. The van der Waals surface area contributed by atoms with Crippen LogP contribution >= 0.6 is 0 Å². The Bertz CT molecular complexity index is 794. The van der Waals surface area contributed by atoms with Gasteiger partial charge in [0.05, 0.1) is 12.1 Å². The molecule has 0 spiro atoms. The molecule has 6 nitrogen and oxygen atoms in total. The number of hydrogen-bond acceptors (Lipinski definition) is 5. The molecular formula is C23H32N4O2. The molecule has 156 valence electrons. The molecule has 1 aliphatic heterocycles. The second-order valence-corrected chi connectivity index (χ2v) is 8.64. The number of hydrogen-bond donors (Lipinski definition) is 0. The zero-order chi connectivity index (χ0) is 20.2. The molecule has 1 aliphatic carbocycles. The first-order valence-electron chi connectivity index (χ1n) is 10.9. The van der Waals surface area contributed by atoms with Gasteiger partial charge in [0.1, 0.15) is 5.76 Å². The van der Waals surface area contributed by atoms with E-state index < -0.39 is 0 Å². The van der Waals surface area contributed by atoms with Crippen LogP contribution in [0.5, 0.6) is 0 Å². The summed E-state index contributed by atoms with van der Waals surface area (Å²) in [6.07, 6.45) is 8.41. The zero-order valence-electron chi connectivity index (χ0n) is 17.6. The molecule has 0 bridgehead atoms. The summed E-state index contributed by atoms with van der Waals surface area (Å²) in [5.74, 6) is 1.34. The van der Waals surface area contributed by atoms with E-state index in [2.05, 4.69) is 26.0 Å². The van der Waals surface area contributed by atoms with Gasteiger partial charge in [0, 0.05) is 49.7 Å². The Hall–Kier alpha value is -2.21. The lowest BCUT2D eigenvalue weighted by atomic mass is 10.0. The highest BCUT2D eigenvalue weighted by Crippen LogP contribution is 2.26. The van der Waals surface area contributed by atoms with Gasteiger partial charge in [0.25, 0.3) is 0 Å². The van der Waals surface area contributed by atoms with Crippen LogP contribution < -0.4 is 0 Å². The van der Waals surface area contributed by atoms with Crippen molar-refractivity contribution in [2.75, 3.05) is 26.2 Å². The first kappa shape index (κ1) is 20.1. The number of aromatic nitrogens is 2. The van der Waals surface area contributed by atoms with Crippen molar-refractivity contribution in [3.8, 4) is 0 Å². The largest absolute Gasteiger partial charge is 0.361 e. The molecule has 1 amide bonds. The van der Waals surface area contributed by atoms with E-state index in [9.17, 15) is 4.79 Å². The van der Waals surface area contributed by atoms with Gasteiger partial charge in [0.2, 0.25) is 5.91 Å². The predicted octanol–water partition coefficient (Wildman–Crippen LogP) is 3.17. The van der Waals surface area contributed by atoms with Crippen LogP contribution in [0.4, 0.5) is 0 Å². The van der Waals surface area contributed by atoms with Gasteiger partial charge in [-0.15, -0.1) is 0 Å². The van der Waals surface area contributed by atoms with Crippen molar-refractivity contribution in [1.82, 2.24) is 19.9 Å². The zero-order valence-corrected chi connectivity index (χ0v) is 17.6. The maximum Gasteiger partial charge on any atom is 0.227 e. The maximum absolute atomic E-state index is 13.2. The Morgan fingerprint density at radius 1 is 1.17 bits per heavy atom. The molecule has 1 saturated heterocycles. The van der Waals surface area contributed by atoms with Gasteiger partial charge in [-0.3, -0.25) is 14.7 Å². The Labute approximate surface area is 173 Å². The van der Waals surface area contributed by atoms with Gasteiger partial charge in [-0.1, -0.05) is 24.1 Å². The van der Waals surface area contributed by atoms with Gasteiger partial charge < -0.3 is 9.42 Å². The number of nitrogens with zero attached hydrogens (tertiary/aromatic N) is 4. The summed E-state index contributed by atoms with van der Waals surface area (Å²) < 4.78 is 5.26. The first-order chi connectivity index (χ1) is 14.1. The van der Waals surface area contributed by atoms with E-state index in [4.69, 9.17) is 4.52 Å². The van der Waals surface area contributed by atoms with Gasteiger partial charge in [0.15, 0.2) is 0 Å². The summed E-state index contributed by atoms with van der Waals surface area (Å²) >= 11 is 0. The van der Waals surface area contributed by atoms with E-state index in [1.54, 1.807) is 0 Å². The van der Waals surface area contributed by atoms with Crippen LogP contribution in [0.3, 0.4) is 0 Å². The smallest absolute Gasteiger partial charge is 0.227 e. The highest BCUT2D eigenvalue weighted by atomic mass is 16.5. The third-order valence-electron chi connectivity index (χ3n) is 6.56. The van der Waals surface area contributed by atoms with Crippen molar-refractivity contribution in [2.45, 2.75) is 58.4 Å². The predicted molar refractivity (Wildman–Crippen MR) is 112 cm³/mol. The SMILES string of the molecule is Cc1noc(C)c1CC(=O)N1CCN(C2CCCC2)C[C@@H](Cc2ccccn2)C1. The third-order valence-corrected chi connectivity index (χ3v) is 6.56. The standard InChI is InChI=1S/C23H32N4O2/c1-17-22(18(2)29-25-17)14-23(28)27-12-11-26(21-8-3-4-9-21)15-19(16-27)13-20-7-5-6-10-24-20/h5-7,10,19,21H,3-4,8-9,11-16H2,1-2H3/t19-/m1/s1. The summed E-state index contributed by atoms with van der Waals surface area (Å²) in [5, 5.41) is 4.01. The Morgan fingerprint density at radius 3 is 2.69 bits per heavy atom. The highest BCUT2D eigenvalue weighted by molar-refractivity contribution is 5.79. The lowest BCUT2D eigenvalue weighted by Gasteiger charge is -2.29. The molecular weight excluding hydrogens is 364 g/mol. The van der Waals surface area contributed by atoms with E-state index in [0.717, 1.165) is 55.3 Å². The molecule has 0 unspecified atom stereocenters. The molecule has 3 heterocycles. The van der Waals surface area contributed by atoms with E-state index in [1.165, 1.54) is 25.7 Å². The van der Waals surface area contributed by atoms with Crippen molar-refractivity contribution < 1.29 is 9.32 Å². The molecule has 0 aromatic carbocycles. The fourth-order valence-electron chi connectivity index (χ4n) is 4.92. The Morgan fingerprint density at radius 2 is 2.00 bits per heavy atom. The monoisotopic (exact) mass is 396 g/mol. The number of aryl methyl sites for hydroxylation is 2. The minimum Gasteiger partial charge on any atom is -0.361 e. The normalized spacial score (nSPS) is 21.4. The fourth-order valence-corrected chi connectivity index (χ4v) is 4.92. The lowest BCUT2D eigenvalue weighted by molar-refractivity contribution is -0.130. The summed E-state index contributed by atoms with van der Waals surface area (Å²) in [5.41, 5.74) is 2.88. The summed E-state index contributed by atoms with van der Waals surface area (Å²) in [7, 11) is 0. The van der Waals surface area contributed by atoms with E-state index in [1.807, 2.05) is 32.2 Å². The Kier molecular flexibility index (Phi) is 6.28. The molecule has 2 aromatic rings. The van der Waals surface area contributed by atoms with Crippen LogP contribution in [-0.4, -0.2) is 58.1 Å². The fraction of sp³-hybridized carbons (Fsp3) is 0.609. The number of amides is 1. The number of pyridine rings is 1. The van der Waals surface area contributed by atoms with Crippen molar-refractivity contribution in [3.05, 3.63) is 47.1 Å². The van der Waals surface area contributed by atoms with Crippen LogP contribution in [0, 0.1) is 19.8 Å². The van der Waals surface area contributed by atoms with Crippen molar-refractivity contribution >= 4 is 5.91 Å². The van der Waals surface area contributed by atoms with Gasteiger partial charge in [-0.05, 0) is 51.2 Å². The van der Waals surface area contributed by atoms with Crippen LogP contribution in [0.15, 0.2) is 28.9 Å². The van der Waals surface area contributed by atoms with Crippen molar-refractivity contribution in [2.24, 2.45) is 5.92 Å². The number of carbonyl (C=O) groups excluding carboxylic acids is 1. The molecule has 1 atom stereocenters. The second-order valence-electron chi connectivity index (χ2n) is 8.64. The summed E-state index contributed by atoms with van der Waals surface area (Å²) in [4.78, 5) is 22.4. The van der Waals surface area contributed by atoms with Crippen LogP contribution in [0.2, 0.25) is 0 Å². The maximum atomic E-state index is 13.2. The average Bonchev–Trinajstić information content (AvgIpc) is 3.31. The first-order valence-corrected chi connectivity index (χ1v) is 10.9. The minimum absolute atomic E-state index is 0.179. The molecule has 2 aromatic heterocycles. The molecule has 1 saturated carbocycles. The van der Waals surface area contributed by atoms with E-state index in [-0.39, 0.29) is 5.91 Å². The summed E-state index contributed by atoms with van der Waals surface area (Å²) in [6, 6.07) is 6.79. The van der Waals surface area contributed by atoms with Crippen LogP contribution in [0.1, 0.15) is 48.4 Å². The van der Waals surface area contributed by atoms with E-state index in [0.29, 0.717) is 18.4 Å². The van der Waals surface area contributed by atoms with Crippen LogP contribution in [0.25, 0.3) is 0 Å². The van der Waals surface area contributed by atoms with Gasteiger partial charge in [-0.2, -0.15) is 0 Å². The third kappa shape index (κ3) is 4.86. The quantitative estimate of drug-likeness (QED) is 0.777. The second kappa shape index (κ2) is 9.08. The Balaban J connectivity index is 1.49. The lowest BCUT2D eigenvalue weighted by Crippen LogP contribution is -2.39. The topological polar surface area (TPSA) is 62.5 Å². The molecule has 6 heteroatoms. The molecule has 2 fully saturated rings. The number of carbonyl (C=O) groups is 1. The molecule has 4 rings (SSSR count). The average molecular weight is 397 g/mol. The van der Waals surface area contributed by atoms with Crippen molar-refractivity contribution in [3.63, 3.8) is 0 Å². The van der Waals surface area contributed by atoms with Gasteiger partial charge >= 0.3 is 0 Å². The molecule has 29 heavy (non-hydrogen) atoms. The number of rotatable bonds is 5.